The molecule has 0 radical (unpaired) electrons. The molecule has 0 unspecified atom stereocenters. The Bertz CT molecular complexity index is 1010. The first-order valence-electron chi connectivity index (χ1n) is 7.97. The summed E-state index contributed by atoms with van der Waals surface area (Å²) in [4.78, 5) is 0. The summed E-state index contributed by atoms with van der Waals surface area (Å²) < 4.78 is 3.36. The molecule has 116 valence electrons. The maximum atomic E-state index is 3.49. The minimum Gasteiger partial charge on any atom is -0.194 e. The van der Waals surface area contributed by atoms with E-state index in [1.807, 2.05) is 0 Å². The highest BCUT2D eigenvalue weighted by molar-refractivity contribution is 9.10. The zero-order valence-electron chi connectivity index (χ0n) is 13.4. The summed E-state index contributed by atoms with van der Waals surface area (Å²) in [7, 11) is 2.13. The Morgan fingerprint density at radius 2 is 1.25 bits per heavy atom. The fourth-order valence-corrected chi connectivity index (χ4v) is 3.46. The Morgan fingerprint density at radius 1 is 0.708 bits per heavy atom. The van der Waals surface area contributed by atoms with Gasteiger partial charge in [-0.05, 0) is 29.8 Å². The zero-order chi connectivity index (χ0) is 16.5. The van der Waals surface area contributed by atoms with Gasteiger partial charge in [0.1, 0.15) is 7.05 Å². The molecule has 0 aliphatic heterocycles. The molecule has 1 aromatic heterocycles. The van der Waals surface area contributed by atoms with Crippen molar-refractivity contribution in [2.75, 3.05) is 0 Å². The molecule has 0 saturated carbocycles. The van der Waals surface area contributed by atoms with Gasteiger partial charge >= 0.3 is 0 Å². The molecule has 2 heteroatoms. The Balaban J connectivity index is 1.98. The van der Waals surface area contributed by atoms with Crippen molar-refractivity contribution in [2.45, 2.75) is 0 Å². The Morgan fingerprint density at radius 3 is 1.83 bits per heavy atom. The minimum absolute atomic E-state index is 1.10. The van der Waals surface area contributed by atoms with Crippen LogP contribution < -0.4 is 4.57 Å². The van der Waals surface area contributed by atoms with Crippen LogP contribution in [-0.4, -0.2) is 0 Å². The highest BCUT2D eigenvalue weighted by Crippen LogP contribution is 2.26. The summed E-state index contributed by atoms with van der Waals surface area (Å²) in [5.41, 5.74) is 4.94. The van der Waals surface area contributed by atoms with Gasteiger partial charge in [-0.2, -0.15) is 4.57 Å². The summed E-state index contributed by atoms with van der Waals surface area (Å²) in [5.74, 6) is 0. The van der Waals surface area contributed by atoms with E-state index in [1.54, 1.807) is 0 Å². The number of aryl methyl sites for hydroxylation is 1. The first-order chi connectivity index (χ1) is 11.7. The van der Waals surface area contributed by atoms with Gasteiger partial charge < -0.3 is 0 Å². The second-order valence-electron chi connectivity index (χ2n) is 5.89. The lowest BCUT2D eigenvalue weighted by Gasteiger charge is -2.07. The highest BCUT2D eigenvalue weighted by atomic mass is 79.9. The van der Waals surface area contributed by atoms with E-state index >= 15 is 0 Å². The first-order valence-corrected chi connectivity index (χ1v) is 8.76. The van der Waals surface area contributed by atoms with Gasteiger partial charge in [0.05, 0.1) is 10.8 Å². The molecule has 0 atom stereocenters. The number of hydrogen-bond donors (Lipinski definition) is 0. The molecule has 0 saturated heterocycles. The summed E-state index contributed by atoms with van der Waals surface area (Å²) in [6, 6.07) is 25.5. The zero-order valence-corrected chi connectivity index (χ0v) is 15.0. The van der Waals surface area contributed by atoms with Crippen LogP contribution in [0.1, 0.15) is 11.1 Å². The second-order valence-corrected chi connectivity index (χ2v) is 6.81. The van der Waals surface area contributed by atoms with Gasteiger partial charge in [0.2, 0.25) is 11.0 Å². The lowest BCUT2D eigenvalue weighted by atomic mass is 10.0. The van der Waals surface area contributed by atoms with Crippen LogP contribution >= 0.6 is 15.9 Å². The van der Waals surface area contributed by atoms with Crippen molar-refractivity contribution in [1.82, 2.24) is 0 Å². The first kappa shape index (κ1) is 15.1. The van der Waals surface area contributed by atoms with Crippen LogP contribution in [0.4, 0.5) is 0 Å². The number of pyridine rings is 1. The van der Waals surface area contributed by atoms with E-state index in [0.29, 0.717) is 0 Å². The molecule has 1 nitrogen and oxygen atoms in total. The molecule has 24 heavy (non-hydrogen) atoms. The number of fused-ring (bicyclic) bond motifs is 2. The SMILES string of the molecule is C[n+]1c2ccccc2c(/C=C/c2ccc(Br)cc2)c2ccccc21. The van der Waals surface area contributed by atoms with E-state index in [2.05, 4.69) is 112 Å². The topological polar surface area (TPSA) is 3.88 Å². The highest BCUT2D eigenvalue weighted by Gasteiger charge is 2.15. The molecule has 0 bridgehead atoms. The van der Waals surface area contributed by atoms with Crippen molar-refractivity contribution in [3.63, 3.8) is 0 Å². The van der Waals surface area contributed by atoms with Crippen LogP contribution in [0.15, 0.2) is 77.3 Å². The largest absolute Gasteiger partial charge is 0.213 e. The van der Waals surface area contributed by atoms with Gasteiger partial charge in [-0.3, -0.25) is 0 Å². The maximum absolute atomic E-state index is 3.49. The average Bonchev–Trinajstić information content (AvgIpc) is 2.63. The van der Waals surface area contributed by atoms with Crippen molar-refractivity contribution < 1.29 is 4.57 Å². The molecular weight excluding hydrogens is 358 g/mol. The standard InChI is InChI=1S/C22H17BrN/c1-24-21-8-4-2-6-19(21)18(20-7-3-5-9-22(20)24)15-12-16-10-13-17(23)14-11-16/h2-15H,1H3/q+1/b15-12+. The molecule has 0 aliphatic carbocycles. The van der Waals surface area contributed by atoms with Gasteiger partial charge in [0.15, 0.2) is 0 Å². The number of para-hydroxylation sites is 2. The third-order valence-electron chi connectivity index (χ3n) is 4.42. The number of hydrogen-bond acceptors (Lipinski definition) is 0. The number of halogens is 1. The normalized spacial score (nSPS) is 11.6. The van der Waals surface area contributed by atoms with Crippen LogP contribution in [0.5, 0.6) is 0 Å². The molecule has 4 rings (SSSR count). The van der Waals surface area contributed by atoms with E-state index in [1.165, 1.54) is 32.9 Å². The second kappa shape index (κ2) is 6.21. The fraction of sp³-hybridized carbons (Fsp3) is 0.0455. The molecular formula is C22H17BrN+. The summed E-state index contributed by atoms with van der Waals surface area (Å²) in [6.07, 6.45) is 4.41. The number of aromatic nitrogens is 1. The van der Waals surface area contributed by atoms with Gasteiger partial charge in [-0.15, -0.1) is 0 Å². The quantitative estimate of drug-likeness (QED) is 0.310. The fourth-order valence-electron chi connectivity index (χ4n) is 3.20. The van der Waals surface area contributed by atoms with E-state index in [9.17, 15) is 0 Å². The molecule has 0 amide bonds. The number of benzene rings is 3. The van der Waals surface area contributed by atoms with E-state index < -0.39 is 0 Å². The third-order valence-corrected chi connectivity index (χ3v) is 4.95. The van der Waals surface area contributed by atoms with Gasteiger partial charge in [-0.1, -0.05) is 64.5 Å². The molecule has 0 fully saturated rings. The van der Waals surface area contributed by atoms with E-state index in [4.69, 9.17) is 0 Å². The van der Waals surface area contributed by atoms with E-state index in [-0.39, 0.29) is 0 Å². The summed E-state index contributed by atoms with van der Waals surface area (Å²) >= 11 is 3.49. The number of rotatable bonds is 2. The Hall–Kier alpha value is -2.45. The van der Waals surface area contributed by atoms with Gasteiger partial charge in [0.25, 0.3) is 0 Å². The molecule has 0 spiro atoms. The van der Waals surface area contributed by atoms with Crippen molar-refractivity contribution >= 4 is 49.9 Å². The van der Waals surface area contributed by atoms with Crippen LogP contribution in [0, 0.1) is 0 Å². The minimum atomic E-state index is 1.10. The summed E-state index contributed by atoms with van der Waals surface area (Å²) in [5, 5.41) is 2.54. The number of nitrogens with zero attached hydrogens (tertiary/aromatic N) is 1. The Labute approximate surface area is 150 Å². The van der Waals surface area contributed by atoms with Crippen LogP contribution in [0.3, 0.4) is 0 Å². The predicted molar refractivity (Wildman–Crippen MR) is 106 cm³/mol. The van der Waals surface area contributed by atoms with Crippen molar-refractivity contribution in [3.8, 4) is 0 Å². The average molecular weight is 375 g/mol. The van der Waals surface area contributed by atoms with Crippen molar-refractivity contribution in [3.05, 3.63) is 88.4 Å². The third kappa shape index (κ3) is 2.63. The lowest BCUT2D eigenvalue weighted by Crippen LogP contribution is -2.30. The van der Waals surface area contributed by atoms with Crippen LogP contribution in [0.25, 0.3) is 34.0 Å². The lowest BCUT2D eigenvalue weighted by molar-refractivity contribution is -0.617. The van der Waals surface area contributed by atoms with E-state index in [0.717, 1.165) is 4.47 Å². The molecule has 4 aromatic rings. The molecule has 3 aromatic carbocycles. The smallest absolute Gasteiger partial charge is 0.194 e. The van der Waals surface area contributed by atoms with Gasteiger partial charge in [0, 0.05) is 22.2 Å². The van der Waals surface area contributed by atoms with Crippen molar-refractivity contribution in [2.24, 2.45) is 7.05 Å². The summed E-state index contributed by atoms with van der Waals surface area (Å²) in [6.45, 7) is 0. The molecule has 0 N–H and O–H groups in total. The molecule has 1 heterocycles. The van der Waals surface area contributed by atoms with Crippen LogP contribution in [0.2, 0.25) is 0 Å². The molecule has 0 aliphatic rings. The van der Waals surface area contributed by atoms with Crippen molar-refractivity contribution in [1.29, 1.82) is 0 Å². The monoisotopic (exact) mass is 374 g/mol. The van der Waals surface area contributed by atoms with Crippen LogP contribution in [-0.2, 0) is 7.05 Å². The Kier molecular flexibility index (Phi) is 3.91. The predicted octanol–water partition coefficient (Wildman–Crippen LogP) is 5.75. The maximum Gasteiger partial charge on any atom is 0.213 e. The van der Waals surface area contributed by atoms with Gasteiger partial charge in [-0.25, -0.2) is 0 Å².